The van der Waals surface area contributed by atoms with Crippen LogP contribution in [0.25, 0.3) is 22.3 Å². The van der Waals surface area contributed by atoms with Gasteiger partial charge in [0, 0.05) is 23.0 Å². The number of phenols is 1. The lowest BCUT2D eigenvalue weighted by molar-refractivity contribution is 0.479. The number of aryl methyl sites for hydroxylation is 2. The smallest absolute Gasteiger partial charge is 0.131 e. The van der Waals surface area contributed by atoms with Crippen molar-refractivity contribution in [2.75, 3.05) is 5.73 Å². The van der Waals surface area contributed by atoms with Gasteiger partial charge in [-0.15, -0.1) is 0 Å². The van der Waals surface area contributed by atoms with Crippen LogP contribution in [0.3, 0.4) is 0 Å². The van der Waals surface area contributed by atoms with Crippen LogP contribution in [0.2, 0.25) is 5.02 Å². The Hall–Kier alpha value is -2.52. The van der Waals surface area contributed by atoms with E-state index in [1.807, 2.05) is 44.2 Å². The molecule has 3 aromatic rings. The van der Waals surface area contributed by atoms with Gasteiger partial charge in [0.2, 0.25) is 0 Å². The van der Waals surface area contributed by atoms with Crippen molar-refractivity contribution >= 4 is 17.3 Å². The van der Waals surface area contributed by atoms with Gasteiger partial charge < -0.3 is 10.8 Å². The van der Waals surface area contributed by atoms with E-state index in [4.69, 9.17) is 17.3 Å². The van der Waals surface area contributed by atoms with E-state index < -0.39 is 0 Å². The molecule has 3 N–H and O–H groups in total. The number of aromatic hydroxyl groups is 1. The maximum Gasteiger partial charge on any atom is 0.131 e. The number of halogens is 1. The van der Waals surface area contributed by atoms with Crippen molar-refractivity contribution in [3.8, 4) is 28.0 Å². The van der Waals surface area contributed by atoms with Gasteiger partial charge in [-0.3, -0.25) is 4.98 Å². The first-order valence-electron chi connectivity index (χ1n) is 7.28. The van der Waals surface area contributed by atoms with Crippen LogP contribution >= 0.6 is 11.6 Å². The number of nitrogens with zero attached hydrogens (tertiary/aromatic N) is 1. The Labute approximate surface area is 140 Å². The van der Waals surface area contributed by atoms with Crippen LogP contribution in [-0.2, 0) is 0 Å². The average Bonchev–Trinajstić information content (AvgIpc) is 2.52. The number of nitrogen functional groups attached to an aromatic ring is 1. The van der Waals surface area contributed by atoms with Crippen LogP contribution in [-0.4, -0.2) is 10.1 Å². The summed E-state index contributed by atoms with van der Waals surface area (Å²) in [6.07, 6.45) is 1.74. The highest BCUT2D eigenvalue weighted by Gasteiger charge is 2.13. The number of hydrogen-bond donors (Lipinski definition) is 2. The lowest BCUT2D eigenvalue weighted by Gasteiger charge is -2.13. The molecule has 3 nitrogen and oxygen atoms in total. The number of rotatable bonds is 2. The SMILES string of the molecule is Cc1cc(-c2ccnc(C)c2)c(O)c(-c2ccc(N)c(Cl)c2)c1. The molecule has 0 spiro atoms. The van der Waals surface area contributed by atoms with Gasteiger partial charge in [-0.05, 0) is 66.9 Å². The highest BCUT2D eigenvalue weighted by atomic mass is 35.5. The minimum Gasteiger partial charge on any atom is -0.507 e. The second kappa shape index (κ2) is 5.94. The maximum absolute atomic E-state index is 10.8. The van der Waals surface area contributed by atoms with Crippen LogP contribution in [0.1, 0.15) is 11.3 Å². The number of anilines is 1. The molecule has 1 aromatic heterocycles. The Bertz CT molecular complexity index is 891. The van der Waals surface area contributed by atoms with Crippen molar-refractivity contribution < 1.29 is 5.11 Å². The highest BCUT2D eigenvalue weighted by Crippen LogP contribution is 2.40. The quantitative estimate of drug-likeness (QED) is 0.654. The van der Waals surface area contributed by atoms with Gasteiger partial charge in [0.25, 0.3) is 0 Å². The number of benzene rings is 2. The van der Waals surface area contributed by atoms with E-state index in [1.54, 1.807) is 18.3 Å². The van der Waals surface area contributed by atoms with E-state index in [1.165, 1.54) is 0 Å². The Kier molecular flexibility index (Phi) is 3.97. The predicted molar refractivity (Wildman–Crippen MR) is 95.7 cm³/mol. The number of nitrogens with two attached hydrogens (primary N) is 1. The summed E-state index contributed by atoms with van der Waals surface area (Å²) < 4.78 is 0. The largest absolute Gasteiger partial charge is 0.507 e. The summed E-state index contributed by atoms with van der Waals surface area (Å²) in [5, 5.41) is 11.3. The highest BCUT2D eigenvalue weighted by molar-refractivity contribution is 6.33. The summed E-state index contributed by atoms with van der Waals surface area (Å²) >= 11 is 6.12. The number of phenolic OH excluding ortho intramolecular Hbond substituents is 1. The molecular formula is C19H17ClN2O. The second-order valence-electron chi connectivity index (χ2n) is 5.63. The lowest BCUT2D eigenvalue weighted by Crippen LogP contribution is -1.90. The molecule has 3 rings (SSSR count). The molecule has 0 atom stereocenters. The third kappa shape index (κ3) is 3.01. The Balaban J connectivity index is 2.21. The second-order valence-corrected chi connectivity index (χ2v) is 6.04. The first-order chi connectivity index (χ1) is 11.0. The summed E-state index contributed by atoms with van der Waals surface area (Å²) in [6.45, 7) is 3.93. The molecule has 23 heavy (non-hydrogen) atoms. The molecule has 0 saturated heterocycles. The average molecular weight is 325 g/mol. The summed E-state index contributed by atoms with van der Waals surface area (Å²) in [5.41, 5.74) is 11.5. The van der Waals surface area contributed by atoms with Gasteiger partial charge in [-0.2, -0.15) is 0 Å². The van der Waals surface area contributed by atoms with Crippen molar-refractivity contribution in [2.45, 2.75) is 13.8 Å². The summed E-state index contributed by atoms with van der Waals surface area (Å²) in [5.74, 6) is 0.224. The summed E-state index contributed by atoms with van der Waals surface area (Å²) in [7, 11) is 0. The first-order valence-corrected chi connectivity index (χ1v) is 7.65. The fraction of sp³-hybridized carbons (Fsp3) is 0.105. The molecule has 0 aliphatic rings. The Morgan fingerprint density at radius 3 is 2.22 bits per heavy atom. The van der Waals surface area contributed by atoms with Crippen molar-refractivity contribution in [3.63, 3.8) is 0 Å². The molecule has 2 aromatic carbocycles. The lowest BCUT2D eigenvalue weighted by atomic mass is 9.95. The number of pyridine rings is 1. The molecule has 0 aliphatic heterocycles. The van der Waals surface area contributed by atoms with Gasteiger partial charge in [0.05, 0.1) is 10.7 Å². The van der Waals surface area contributed by atoms with Crippen molar-refractivity contribution in [1.29, 1.82) is 0 Å². The van der Waals surface area contributed by atoms with E-state index in [0.29, 0.717) is 10.7 Å². The van der Waals surface area contributed by atoms with E-state index >= 15 is 0 Å². The molecule has 1 heterocycles. The number of hydrogen-bond acceptors (Lipinski definition) is 3. The Morgan fingerprint density at radius 2 is 1.61 bits per heavy atom. The van der Waals surface area contributed by atoms with Crippen LogP contribution in [0.5, 0.6) is 5.75 Å². The molecule has 4 heteroatoms. The van der Waals surface area contributed by atoms with Crippen LogP contribution in [0.15, 0.2) is 48.7 Å². The fourth-order valence-electron chi connectivity index (χ4n) is 2.63. The standard InChI is InChI=1S/C19H17ClN2O/c1-11-7-15(13-3-4-18(21)17(20)10-13)19(23)16(8-11)14-5-6-22-12(2)9-14/h3-10,23H,21H2,1-2H3. The zero-order chi connectivity index (χ0) is 16.6. The van der Waals surface area contributed by atoms with Gasteiger partial charge in [0.1, 0.15) is 5.75 Å². The van der Waals surface area contributed by atoms with Gasteiger partial charge in [-0.25, -0.2) is 0 Å². The number of aromatic nitrogens is 1. The fourth-order valence-corrected chi connectivity index (χ4v) is 2.81. The Morgan fingerprint density at radius 1 is 0.957 bits per heavy atom. The maximum atomic E-state index is 10.8. The molecule has 0 unspecified atom stereocenters. The zero-order valence-corrected chi connectivity index (χ0v) is 13.7. The van der Waals surface area contributed by atoms with Crippen molar-refractivity contribution in [3.05, 3.63) is 64.9 Å². The molecular weight excluding hydrogens is 308 g/mol. The summed E-state index contributed by atoms with van der Waals surface area (Å²) in [6, 6.07) is 13.1. The molecule has 0 radical (unpaired) electrons. The third-order valence-electron chi connectivity index (χ3n) is 3.77. The topological polar surface area (TPSA) is 59.1 Å². The molecule has 0 aliphatic carbocycles. The van der Waals surface area contributed by atoms with Crippen molar-refractivity contribution in [2.24, 2.45) is 0 Å². The predicted octanol–water partition coefficient (Wildman–Crippen LogP) is 4.97. The minimum atomic E-state index is 0.224. The molecule has 0 saturated carbocycles. The normalized spacial score (nSPS) is 10.7. The monoisotopic (exact) mass is 324 g/mol. The molecule has 0 amide bonds. The van der Waals surface area contributed by atoms with E-state index in [-0.39, 0.29) is 5.75 Å². The van der Waals surface area contributed by atoms with Crippen LogP contribution in [0.4, 0.5) is 5.69 Å². The molecule has 0 fully saturated rings. The van der Waals surface area contributed by atoms with Crippen molar-refractivity contribution in [1.82, 2.24) is 4.98 Å². The van der Waals surface area contributed by atoms with E-state index in [2.05, 4.69) is 4.98 Å². The van der Waals surface area contributed by atoms with Crippen LogP contribution < -0.4 is 5.73 Å². The first kappa shape index (κ1) is 15.4. The minimum absolute atomic E-state index is 0.224. The summed E-state index contributed by atoms with van der Waals surface area (Å²) in [4.78, 5) is 4.21. The van der Waals surface area contributed by atoms with Crippen LogP contribution in [0, 0.1) is 13.8 Å². The zero-order valence-electron chi connectivity index (χ0n) is 13.0. The van der Waals surface area contributed by atoms with Gasteiger partial charge >= 0.3 is 0 Å². The van der Waals surface area contributed by atoms with E-state index in [9.17, 15) is 5.11 Å². The molecule has 0 bridgehead atoms. The molecule has 116 valence electrons. The van der Waals surface area contributed by atoms with Gasteiger partial charge in [-0.1, -0.05) is 17.7 Å². The van der Waals surface area contributed by atoms with E-state index in [0.717, 1.165) is 33.5 Å². The third-order valence-corrected chi connectivity index (χ3v) is 4.10. The van der Waals surface area contributed by atoms with Gasteiger partial charge in [0.15, 0.2) is 0 Å².